The molecule has 0 saturated carbocycles. The SMILES string of the molecule is C=CC(=O)N1CCN(c2nc(OC[C@@H]3CCCN3CC)nc3c2CC[C@@]2(CCCc4ccccc42)O3)C[C@@H]1CC#N. The highest BCUT2D eigenvalue weighted by Gasteiger charge is 2.44. The molecule has 0 bridgehead atoms. The summed E-state index contributed by atoms with van der Waals surface area (Å²) in [5.41, 5.74) is 3.22. The quantitative estimate of drug-likeness (QED) is 0.472. The summed E-state index contributed by atoms with van der Waals surface area (Å²) in [6.07, 6.45) is 8.62. The molecule has 9 heteroatoms. The van der Waals surface area contributed by atoms with Crippen LogP contribution in [-0.2, 0) is 23.2 Å². The number of aromatic nitrogens is 2. The van der Waals surface area contributed by atoms with E-state index in [-0.39, 0.29) is 18.4 Å². The van der Waals surface area contributed by atoms with Crippen molar-refractivity contribution >= 4 is 11.7 Å². The van der Waals surface area contributed by atoms with Gasteiger partial charge in [-0.1, -0.05) is 37.8 Å². The predicted octanol–water partition coefficient (Wildman–Crippen LogP) is 4.01. The number of anilines is 1. The third kappa shape index (κ3) is 5.26. The summed E-state index contributed by atoms with van der Waals surface area (Å²) < 4.78 is 13.2. The monoisotopic (exact) mass is 556 g/mol. The minimum atomic E-state index is -0.395. The molecule has 0 radical (unpaired) electrons. The van der Waals surface area contributed by atoms with Gasteiger partial charge in [-0.15, -0.1) is 0 Å². The number of nitrogens with zero attached hydrogens (tertiary/aromatic N) is 6. The highest BCUT2D eigenvalue weighted by atomic mass is 16.5. The highest BCUT2D eigenvalue weighted by Crippen LogP contribution is 2.48. The Morgan fingerprint density at radius 3 is 2.90 bits per heavy atom. The summed E-state index contributed by atoms with van der Waals surface area (Å²) in [7, 11) is 0. The standard InChI is InChI=1S/C32H40N6O3/c1-3-28(39)38-20-19-37(21-24(38)14-17-33)29-26-13-16-32(15-7-10-23-9-5-6-12-27(23)32)41-30(26)35-31(34-29)40-22-25-11-8-18-36(25)4-2/h3,5-6,9,12,24-25H,1,4,7-8,10-11,13-16,18-22H2,2H3/t24-,25-,32+/m0/s1. The molecule has 6 rings (SSSR count). The van der Waals surface area contributed by atoms with E-state index in [0.717, 1.165) is 63.0 Å². The molecule has 9 nitrogen and oxygen atoms in total. The Morgan fingerprint density at radius 2 is 2.07 bits per heavy atom. The summed E-state index contributed by atoms with van der Waals surface area (Å²) >= 11 is 0. The number of carbonyl (C=O) groups excluding carboxylic acids is 1. The van der Waals surface area contributed by atoms with Crippen LogP contribution < -0.4 is 14.4 Å². The fourth-order valence-corrected chi connectivity index (χ4v) is 7.28. The van der Waals surface area contributed by atoms with Crippen LogP contribution in [0.15, 0.2) is 36.9 Å². The van der Waals surface area contributed by atoms with Crippen LogP contribution in [0.4, 0.5) is 5.82 Å². The number of aryl methyl sites for hydroxylation is 1. The number of hydrogen-bond acceptors (Lipinski definition) is 8. The molecule has 3 aliphatic heterocycles. The second-order valence-electron chi connectivity index (χ2n) is 11.7. The molecule has 1 aromatic heterocycles. The molecule has 1 aromatic carbocycles. The lowest BCUT2D eigenvalue weighted by Gasteiger charge is -2.44. The first-order valence-corrected chi connectivity index (χ1v) is 15.2. The molecule has 4 aliphatic rings. The van der Waals surface area contributed by atoms with Crippen LogP contribution in [0.3, 0.4) is 0 Å². The van der Waals surface area contributed by atoms with Crippen molar-refractivity contribution in [3.63, 3.8) is 0 Å². The molecule has 1 spiro atoms. The van der Waals surface area contributed by atoms with Crippen molar-refractivity contribution in [2.24, 2.45) is 0 Å². The number of hydrogen-bond donors (Lipinski definition) is 0. The number of benzene rings is 1. The van der Waals surface area contributed by atoms with Crippen LogP contribution in [-0.4, -0.2) is 77.1 Å². The zero-order valence-electron chi connectivity index (χ0n) is 24.1. The highest BCUT2D eigenvalue weighted by molar-refractivity contribution is 5.87. The second-order valence-corrected chi connectivity index (χ2v) is 11.7. The molecular weight excluding hydrogens is 516 g/mol. The van der Waals surface area contributed by atoms with Gasteiger partial charge in [0.05, 0.1) is 24.1 Å². The molecule has 216 valence electrons. The summed E-state index contributed by atoms with van der Waals surface area (Å²) in [6.45, 7) is 10.1. The number of likely N-dealkylation sites (N-methyl/N-ethyl adjacent to an activating group) is 1. The maximum absolute atomic E-state index is 12.5. The van der Waals surface area contributed by atoms with Crippen LogP contribution in [0.5, 0.6) is 11.9 Å². The number of amides is 1. The lowest BCUT2D eigenvalue weighted by atomic mass is 9.75. The third-order valence-corrected chi connectivity index (χ3v) is 9.41. The van der Waals surface area contributed by atoms with Crippen molar-refractivity contribution in [1.82, 2.24) is 19.8 Å². The van der Waals surface area contributed by atoms with Gasteiger partial charge in [-0.05, 0) is 75.2 Å². The van der Waals surface area contributed by atoms with Crippen LogP contribution in [0.2, 0.25) is 0 Å². The van der Waals surface area contributed by atoms with E-state index < -0.39 is 5.60 Å². The van der Waals surface area contributed by atoms with Gasteiger partial charge in [0, 0.05) is 25.7 Å². The van der Waals surface area contributed by atoms with E-state index in [1.54, 1.807) is 4.90 Å². The van der Waals surface area contributed by atoms with E-state index in [4.69, 9.17) is 19.4 Å². The zero-order chi connectivity index (χ0) is 28.4. The van der Waals surface area contributed by atoms with Gasteiger partial charge in [-0.2, -0.15) is 15.2 Å². The zero-order valence-corrected chi connectivity index (χ0v) is 24.1. The van der Waals surface area contributed by atoms with Gasteiger partial charge in [0.1, 0.15) is 18.0 Å². The van der Waals surface area contributed by atoms with Gasteiger partial charge < -0.3 is 19.3 Å². The van der Waals surface area contributed by atoms with Crippen molar-refractivity contribution in [2.45, 2.75) is 76.0 Å². The number of rotatable bonds is 7. The number of likely N-dealkylation sites (tertiary alicyclic amines) is 1. The predicted molar refractivity (Wildman–Crippen MR) is 156 cm³/mol. The molecule has 0 unspecified atom stereocenters. The van der Waals surface area contributed by atoms with E-state index in [1.165, 1.54) is 23.6 Å². The Morgan fingerprint density at radius 1 is 1.20 bits per heavy atom. The molecule has 41 heavy (non-hydrogen) atoms. The third-order valence-electron chi connectivity index (χ3n) is 9.41. The average Bonchev–Trinajstić information content (AvgIpc) is 3.47. The minimum absolute atomic E-state index is 0.142. The molecule has 2 aromatic rings. The number of carbonyl (C=O) groups is 1. The van der Waals surface area contributed by atoms with E-state index in [1.807, 2.05) is 0 Å². The first kappa shape index (κ1) is 27.5. The van der Waals surface area contributed by atoms with E-state index >= 15 is 0 Å². The van der Waals surface area contributed by atoms with Crippen LogP contribution in [0.1, 0.15) is 62.1 Å². The smallest absolute Gasteiger partial charge is 0.321 e. The van der Waals surface area contributed by atoms with E-state index in [0.29, 0.717) is 44.2 Å². The molecule has 1 amide bonds. The number of piperazine rings is 1. The fourth-order valence-electron chi connectivity index (χ4n) is 7.28. The summed E-state index contributed by atoms with van der Waals surface area (Å²) in [4.78, 5) is 28.8. The Bertz CT molecular complexity index is 1340. The largest absolute Gasteiger partial charge is 0.466 e. The van der Waals surface area contributed by atoms with Gasteiger partial charge >= 0.3 is 6.01 Å². The molecule has 1 aliphatic carbocycles. The summed E-state index contributed by atoms with van der Waals surface area (Å²) in [5.74, 6) is 1.27. The topological polar surface area (TPSA) is 94.8 Å². The number of fused-ring (bicyclic) bond motifs is 3. The number of nitriles is 1. The van der Waals surface area contributed by atoms with E-state index in [2.05, 4.69) is 53.6 Å². The van der Waals surface area contributed by atoms with Gasteiger partial charge in [0.2, 0.25) is 11.8 Å². The van der Waals surface area contributed by atoms with Crippen molar-refractivity contribution in [1.29, 1.82) is 5.26 Å². The summed E-state index contributed by atoms with van der Waals surface area (Å²) in [6, 6.07) is 11.3. The van der Waals surface area contributed by atoms with Gasteiger partial charge in [0.15, 0.2) is 0 Å². The lowest BCUT2D eigenvalue weighted by molar-refractivity contribution is -0.128. The molecule has 2 fully saturated rings. The molecule has 3 atom stereocenters. The lowest BCUT2D eigenvalue weighted by Crippen LogP contribution is -2.55. The Kier molecular flexibility index (Phi) is 7.85. The van der Waals surface area contributed by atoms with Crippen molar-refractivity contribution in [3.8, 4) is 18.0 Å². The minimum Gasteiger partial charge on any atom is -0.466 e. The van der Waals surface area contributed by atoms with E-state index in [9.17, 15) is 10.1 Å². The first-order chi connectivity index (χ1) is 20.0. The molecule has 2 saturated heterocycles. The van der Waals surface area contributed by atoms with Crippen LogP contribution in [0, 0.1) is 11.3 Å². The number of ether oxygens (including phenoxy) is 2. The molecular formula is C32H40N6O3. The Hall–Kier alpha value is -3.64. The van der Waals surface area contributed by atoms with Gasteiger partial charge in [-0.25, -0.2) is 0 Å². The molecule has 4 heterocycles. The Labute approximate surface area is 242 Å². The van der Waals surface area contributed by atoms with Crippen molar-refractivity contribution in [3.05, 3.63) is 53.6 Å². The van der Waals surface area contributed by atoms with Crippen molar-refractivity contribution in [2.75, 3.05) is 44.2 Å². The average molecular weight is 557 g/mol. The van der Waals surface area contributed by atoms with Gasteiger partial charge in [-0.3, -0.25) is 9.69 Å². The second kappa shape index (κ2) is 11.7. The van der Waals surface area contributed by atoms with Gasteiger partial charge in [0.25, 0.3) is 0 Å². The maximum atomic E-state index is 12.5. The Balaban J connectivity index is 1.34. The van der Waals surface area contributed by atoms with Crippen molar-refractivity contribution < 1.29 is 14.3 Å². The maximum Gasteiger partial charge on any atom is 0.321 e. The molecule has 0 N–H and O–H groups in total. The summed E-state index contributed by atoms with van der Waals surface area (Å²) in [5, 5.41) is 9.52. The fraction of sp³-hybridized carbons (Fsp3) is 0.562. The normalized spacial score (nSPS) is 25.7. The van der Waals surface area contributed by atoms with Crippen LogP contribution >= 0.6 is 0 Å². The first-order valence-electron chi connectivity index (χ1n) is 15.2. The van der Waals surface area contributed by atoms with Crippen LogP contribution in [0.25, 0.3) is 0 Å².